The second kappa shape index (κ2) is 6.72. The normalized spacial score (nSPS) is 13.2. The Morgan fingerprint density at radius 1 is 1.29 bits per heavy atom. The number of allylic oxidation sites excluding steroid dienone is 5. The molecule has 0 fully saturated rings. The summed E-state index contributed by atoms with van der Waals surface area (Å²) in [4.78, 5) is 1.23. The van der Waals surface area contributed by atoms with E-state index < -0.39 is 0 Å². The van der Waals surface area contributed by atoms with Gasteiger partial charge in [-0.3, -0.25) is 0 Å². The van der Waals surface area contributed by atoms with Gasteiger partial charge < -0.3 is 0 Å². The molecule has 0 spiro atoms. The molecule has 0 amide bonds. The minimum atomic E-state index is 0.278. The molecule has 0 bridgehead atoms. The number of hydrogen-bond donors (Lipinski definition) is 0. The van der Waals surface area contributed by atoms with E-state index in [1.165, 1.54) is 4.91 Å². The molecule has 0 aliphatic carbocycles. The maximum Gasteiger partial charge on any atom is 0.0148 e. The Hall–Kier alpha value is -0.690. The zero-order valence-electron chi connectivity index (χ0n) is 9.42. The lowest BCUT2D eigenvalue weighted by Crippen LogP contribution is -2.12. The summed E-state index contributed by atoms with van der Waals surface area (Å²) in [5.74, 6) is 0. The van der Waals surface area contributed by atoms with E-state index in [-0.39, 0.29) is 4.75 Å². The van der Waals surface area contributed by atoms with Gasteiger partial charge in [0.05, 0.1) is 0 Å². The predicted molar refractivity (Wildman–Crippen MR) is 69.6 cm³/mol. The molecule has 0 N–H and O–H groups in total. The van der Waals surface area contributed by atoms with E-state index in [2.05, 4.69) is 40.0 Å². The highest BCUT2D eigenvalue weighted by Crippen LogP contribution is 2.34. The van der Waals surface area contributed by atoms with Crippen LogP contribution in [0.4, 0.5) is 0 Å². The summed E-state index contributed by atoms with van der Waals surface area (Å²) in [6.07, 6.45) is 10.8. The van der Waals surface area contributed by atoms with Crippen LogP contribution in [0.1, 0.15) is 27.2 Å². The highest BCUT2D eigenvalue weighted by molar-refractivity contribution is 8.04. The fourth-order valence-corrected chi connectivity index (χ4v) is 1.89. The van der Waals surface area contributed by atoms with Crippen molar-refractivity contribution in [2.75, 3.05) is 0 Å². The highest BCUT2D eigenvalue weighted by atomic mass is 32.2. The standard InChI is InChI=1S/C13H20S/c1-6-9-11-12(10-7-2)14-13(4,5)8-3/h6-7,9-11H,1-2,8H2,3-5H3/b11-9-,12-10+. The van der Waals surface area contributed by atoms with Gasteiger partial charge in [-0.2, -0.15) is 0 Å². The van der Waals surface area contributed by atoms with Crippen molar-refractivity contribution in [3.63, 3.8) is 0 Å². The summed E-state index contributed by atoms with van der Waals surface area (Å²) in [5, 5.41) is 0. The largest absolute Gasteiger partial charge is 0.120 e. The van der Waals surface area contributed by atoms with Gasteiger partial charge >= 0.3 is 0 Å². The van der Waals surface area contributed by atoms with E-state index in [4.69, 9.17) is 0 Å². The highest BCUT2D eigenvalue weighted by Gasteiger charge is 2.16. The third-order valence-electron chi connectivity index (χ3n) is 1.92. The third-order valence-corrected chi connectivity index (χ3v) is 3.27. The topological polar surface area (TPSA) is 0 Å². The maximum absolute atomic E-state index is 3.71. The van der Waals surface area contributed by atoms with E-state index in [0.29, 0.717) is 0 Å². The van der Waals surface area contributed by atoms with Gasteiger partial charge in [0.2, 0.25) is 0 Å². The summed E-state index contributed by atoms with van der Waals surface area (Å²) in [6.45, 7) is 14.1. The molecule has 0 saturated carbocycles. The van der Waals surface area contributed by atoms with Crippen molar-refractivity contribution in [2.45, 2.75) is 31.9 Å². The van der Waals surface area contributed by atoms with Crippen LogP contribution < -0.4 is 0 Å². The number of hydrogen-bond acceptors (Lipinski definition) is 1. The number of thioether (sulfide) groups is 1. The molecule has 0 aromatic heterocycles. The van der Waals surface area contributed by atoms with Crippen LogP contribution in [0.15, 0.2) is 48.4 Å². The van der Waals surface area contributed by atoms with Gasteiger partial charge in [0.25, 0.3) is 0 Å². The van der Waals surface area contributed by atoms with Crippen LogP contribution in [0.3, 0.4) is 0 Å². The van der Waals surface area contributed by atoms with E-state index in [1.54, 1.807) is 6.08 Å². The molecule has 0 aliphatic heterocycles. The van der Waals surface area contributed by atoms with Crippen LogP contribution in [-0.4, -0.2) is 4.75 Å². The van der Waals surface area contributed by atoms with E-state index in [9.17, 15) is 0 Å². The molecule has 0 aromatic carbocycles. The quantitative estimate of drug-likeness (QED) is 0.569. The Kier molecular flexibility index (Phi) is 6.39. The van der Waals surface area contributed by atoms with Crippen molar-refractivity contribution in [3.05, 3.63) is 48.4 Å². The smallest absolute Gasteiger partial charge is 0.0148 e. The first-order valence-electron chi connectivity index (χ1n) is 4.86. The lowest BCUT2D eigenvalue weighted by atomic mass is 10.1. The van der Waals surface area contributed by atoms with Crippen molar-refractivity contribution in [1.82, 2.24) is 0 Å². The zero-order chi connectivity index (χ0) is 11.0. The van der Waals surface area contributed by atoms with Crippen LogP contribution in [0.25, 0.3) is 0 Å². The minimum Gasteiger partial charge on any atom is -0.120 e. The zero-order valence-corrected chi connectivity index (χ0v) is 10.2. The van der Waals surface area contributed by atoms with Gasteiger partial charge in [0, 0.05) is 9.65 Å². The molecule has 0 heterocycles. The van der Waals surface area contributed by atoms with Crippen LogP contribution in [0.5, 0.6) is 0 Å². The van der Waals surface area contributed by atoms with E-state index in [0.717, 1.165) is 6.42 Å². The Morgan fingerprint density at radius 2 is 1.93 bits per heavy atom. The summed E-state index contributed by atoms with van der Waals surface area (Å²) < 4.78 is 0.278. The second-order valence-electron chi connectivity index (χ2n) is 3.61. The van der Waals surface area contributed by atoms with Gasteiger partial charge in [-0.1, -0.05) is 52.2 Å². The minimum absolute atomic E-state index is 0.278. The molecule has 78 valence electrons. The van der Waals surface area contributed by atoms with Crippen molar-refractivity contribution in [3.8, 4) is 0 Å². The molecule has 0 atom stereocenters. The second-order valence-corrected chi connectivity index (χ2v) is 5.40. The van der Waals surface area contributed by atoms with Crippen LogP contribution in [0, 0.1) is 0 Å². The molecule has 0 aliphatic rings. The maximum atomic E-state index is 3.71. The first-order chi connectivity index (χ1) is 6.55. The van der Waals surface area contributed by atoms with Crippen molar-refractivity contribution in [2.24, 2.45) is 0 Å². The monoisotopic (exact) mass is 208 g/mol. The molecule has 14 heavy (non-hydrogen) atoms. The van der Waals surface area contributed by atoms with Crippen LogP contribution in [0.2, 0.25) is 0 Å². The molecule has 1 heteroatoms. The van der Waals surface area contributed by atoms with Crippen LogP contribution >= 0.6 is 11.8 Å². The summed E-state index contributed by atoms with van der Waals surface area (Å²) in [7, 11) is 0. The Labute approximate surface area is 92.5 Å². The van der Waals surface area contributed by atoms with Gasteiger partial charge in [0.1, 0.15) is 0 Å². The summed E-state index contributed by atoms with van der Waals surface area (Å²) in [6, 6.07) is 0. The first kappa shape index (κ1) is 13.3. The van der Waals surface area contributed by atoms with E-state index in [1.807, 2.05) is 30.0 Å². The fraction of sp³-hybridized carbons (Fsp3) is 0.385. The van der Waals surface area contributed by atoms with Crippen molar-refractivity contribution >= 4 is 11.8 Å². The Balaban J connectivity index is 4.53. The molecule has 0 radical (unpaired) electrons. The molecule has 0 rings (SSSR count). The lowest BCUT2D eigenvalue weighted by molar-refractivity contribution is 0.687. The molecular formula is C13H20S. The molecule has 0 saturated heterocycles. The Morgan fingerprint density at radius 3 is 2.36 bits per heavy atom. The summed E-state index contributed by atoms with van der Waals surface area (Å²) in [5.41, 5.74) is 0. The van der Waals surface area contributed by atoms with Gasteiger partial charge in [-0.15, -0.1) is 11.8 Å². The Bertz CT molecular complexity index is 244. The van der Waals surface area contributed by atoms with Gasteiger partial charge in [-0.25, -0.2) is 0 Å². The molecule has 0 nitrogen and oxygen atoms in total. The van der Waals surface area contributed by atoms with Crippen LogP contribution in [-0.2, 0) is 0 Å². The fourth-order valence-electron chi connectivity index (χ4n) is 0.794. The lowest BCUT2D eigenvalue weighted by Gasteiger charge is -2.22. The molecular weight excluding hydrogens is 188 g/mol. The first-order valence-corrected chi connectivity index (χ1v) is 5.68. The predicted octanol–water partition coefficient (Wildman–Crippen LogP) is 4.72. The van der Waals surface area contributed by atoms with Gasteiger partial charge in [0.15, 0.2) is 0 Å². The molecule has 0 unspecified atom stereocenters. The average molecular weight is 208 g/mol. The van der Waals surface area contributed by atoms with E-state index >= 15 is 0 Å². The third kappa shape index (κ3) is 5.87. The SMILES string of the molecule is C=C/C=C\C(=C/C=C)SC(C)(C)CC. The molecule has 0 aromatic rings. The van der Waals surface area contributed by atoms with Crippen molar-refractivity contribution < 1.29 is 0 Å². The average Bonchev–Trinajstić information content (AvgIpc) is 2.14. The van der Waals surface area contributed by atoms with Gasteiger partial charge in [-0.05, 0) is 18.6 Å². The number of rotatable bonds is 6. The van der Waals surface area contributed by atoms with Crippen molar-refractivity contribution in [1.29, 1.82) is 0 Å². The summed E-state index contributed by atoms with van der Waals surface area (Å²) >= 11 is 1.87.